The summed E-state index contributed by atoms with van der Waals surface area (Å²) in [7, 11) is 4.78. The first-order valence-corrected chi connectivity index (χ1v) is 10.3. The highest BCUT2D eigenvalue weighted by Gasteiger charge is 2.41. The van der Waals surface area contributed by atoms with Gasteiger partial charge in [0, 0.05) is 49.9 Å². The van der Waals surface area contributed by atoms with E-state index in [0.29, 0.717) is 43.3 Å². The number of methoxy groups -OCH3 is 3. The number of hydrogen-bond donors (Lipinski definition) is 1. The Morgan fingerprint density at radius 3 is 2.42 bits per heavy atom. The maximum Gasteiger partial charge on any atom is 0.253 e. The smallest absolute Gasteiger partial charge is 0.253 e. The first kappa shape index (κ1) is 22.6. The number of hydrogen-bond acceptors (Lipinski definition) is 5. The molecule has 1 saturated heterocycles. The lowest BCUT2D eigenvalue weighted by atomic mass is 9.87. The van der Waals surface area contributed by atoms with Crippen molar-refractivity contribution in [3.8, 4) is 11.5 Å². The number of aryl methyl sites for hydroxylation is 1. The molecule has 1 aliphatic heterocycles. The van der Waals surface area contributed by atoms with Crippen LogP contribution in [-0.4, -0.2) is 64.3 Å². The van der Waals surface area contributed by atoms with Gasteiger partial charge < -0.3 is 24.4 Å². The van der Waals surface area contributed by atoms with Crippen molar-refractivity contribution in [1.29, 1.82) is 0 Å². The molecule has 2 atom stereocenters. The summed E-state index contributed by atoms with van der Waals surface area (Å²) in [5.41, 5.74) is 2.59. The summed E-state index contributed by atoms with van der Waals surface area (Å²) in [6, 6.07) is 13.1. The normalized spacial score (nSPS) is 18.0. The molecule has 2 aromatic carbocycles. The molecule has 0 unspecified atom stereocenters. The first-order chi connectivity index (χ1) is 15.0. The lowest BCUT2D eigenvalue weighted by molar-refractivity contribution is -0.125. The van der Waals surface area contributed by atoms with Gasteiger partial charge in [0.2, 0.25) is 5.91 Å². The minimum Gasteiger partial charge on any atom is -0.497 e. The lowest BCUT2D eigenvalue weighted by Gasteiger charge is -2.21. The summed E-state index contributed by atoms with van der Waals surface area (Å²) in [5, 5.41) is 2.92. The van der Waals surface area contributed by atoms with Gasteiger partial charge in [-0.05, 0) is 25.1 Å². The minimum atomic E-state index is -0.395. The summed E-state index contributed by atoms with van der Waals surface area (Å²) >= 11 is 0. The Kier molecular flexibility index (Phi) is 7.52. The molecular formula is C24H30N2O5. The topological polar surface area (TPSA) is 77.1 Å². The molecule has 0 saturated carbocycles. The van der Waals surface area contributed by atoms with Gasteiger partial charge in [-0.15, -0.1) is 0 Å². The molecular weight excluding hydrogens is 396 g/mol. The second kappa shape index (κ2) is 10.3. The van der Waals surface area contributed by atoms with Crippen LogP contribution in [-0.2, 0) is 9.53 Å². The number of nitrogens with zero attached hydrogens (tertiary/aromatic N) is 1. The van der Waals surface area contributed by atoms with Crippen LogP contribution in [0.1, 0.15) is 27.4 Å². The average Bonchev–Trinajstić information content (AvgIpc) is 3.24. The highest BCUT2D eigenvalue weighted by atomic mass is 16.5. The lowest BCUT2D eigenvalue weighted by Crippen LogP contribution is -2.37. The Morgan fingerprint density at radius 1 is 1.03 bits per heavy atom. The van der Waals surface area contributed by atoms with Gasteiger partial charge in [-0.3, -0.25) is 9.59 Å². The molecule has 7 heteroatoms. The Bertz CT molecular complexity index is 913. The van der Waals surface area contributed by atoms with E-state index in [9.17, 15) is 9.59 Å². The fourth-order valence-corrected chi connectivity index (χ4v) is 3.96. The molecule has 3 rings (SSSR count). The number of nitrogens with one attached hydrogen (secondary N) is 1. The van der Waals surface area contributed by atoms with E-state index in [4.69, 9.17) is 14.2 Å². The van der Waals surface area contributed by atoms with E-state index >= 15 is 0 Å². The van der Waals surface area contributed by atoms with Crippen LogP contribution in [0.5, 0.6) is 11.5 Å². The fraction of sp³-hybridized carbons (Fsp3) is 0.417. The Hall–Kier alpha value is -3.06. The number of rotatable bonds is 8. The standard InChI is InChI=1S/C24H30N2O5/c1-16-5-7-17(8-6-16)24(28)26-14-20(21(15-26)23(27)25-11-12-29-2)19-10-9-18(30-3)13-22(19)31-4/h5-10,13,20-21H,11-12,14-15H2,1-4H3,(H,25,27)/t20-,21+/m0/s1. The molecule has 1 aliphatic rings. The van der Waals surface area contributed by atoms with E-state index in [1.807, 2.05) is 43.3 Å². The van der Waals surface area contributed by atoms with Crippen molar-refractivity contribution >= 4 is 11.8 Å². The average molecular weight is 427 g/mol. The van der Waals surface area contributed by atoms with Crippen LogP contribution in [0.4, 0.5) is 0 Å². The maximum atomic E-state index is 13.1. The summed E-state index contributed by atoms with van der Waals surface area (Å²) in [6.07, 6.45) is 0. The van der Waals surface area contributed by atoms with Crippen molar-refractivity contribution in [2.24, 2.45) is 5.92 Å². The van der Waals surface area contributed by atoms with Crippen molar-refractivity contribution < 1.29 is 23.8 Å². The zero-order chi connectivity index (χ0) is 22.4. The van der Waals surface area contributed by atoms with Gasteiger partial charge in [0.25, 0.3) is 5.91 Å². The molecule has 1 fully saturated rings. The second-order valence-corrected chi connectivity index (χ2v) is 7.68. The van der Waals surface area contributed by atoms with Crippen LogP contribution in [0.25, 0.3) is 0 Å². The molecule has 2 amide bonds. The number of ether oxygens (including phenoxy) is 3. The SMILES string of the molecule is COCCNC(=O)[C@@H]1CN(C(=O)c2ccc(C)cc2)C[C@H]1c1ccc(OC)cc1OC. The molecule has 0 bridgehead atoms. The number of benzene rings is 2. The number of amides is 2. The largest absolute Gasteiger partial charge is 0.497 e. The Morgan fingerprint density at radius 2 is 1.77 bits per heavy atom. The van der Waals surface area contributed by atoms with E-state index < -0.39 is 5.92 Å². The number of carbonyl (C=O) groups is 2. The van der Waals surface area contributed by atoms with E-state index in [0.717, 1.165) is 11.1 Å². The summed E-state index contributed by atoms with van der Waals surface area (Å²) in [5.74, 6) is 0.547. The summed E-state index contributed by atoms with van der Waals surface area (Å²) in [4.78, 5) is 27.9. The van der Waals surface area contributed by atoms with E-state index in [1.54, 1.807) is 32.3 Å². The highest BCUT2D eigenvalue weighted by molar-refractivity contribution is 5.95. The number of likely N-dealkylation sites (tertiary alicyclic amines) is 1. The molecule has 0 aliphatic carbocycles. The van der Waals surface area contributed by atoms with Crippen molar-refractivity contribution in [3.05, 3.63) is 59.2 Å². The van der Waals surface area contributed by atoms with Gasteiger partial charge in [0.1, 0.15) is 11.5 Å². The monoisotopic (exact) mass is 426 g/mol. The Balaban J connectivity index is 1.89. The summed E-state index contributed by atoms with van der Waals surface area (Å²) < 4.78 is 15.9. The molecule has 1 N–H and O–H groups in total. The zero-order valence-corrected chi connectivity index (χ0v) is 18.5. The molecule has 0 spiro atoms. The third-order valence-electron chi connectivity index (χ3n) is 5.69. The van der Waals surface area contributed by atoms with Crippen molar-refractivity contribution in [3.63, 3.8) is 0 Å². The van der Waals surface area contributed by atoms with Gasteiger partial charge >= 0.3 is 0 Å². The molecule has 7 nitrogen and oxygen atoms in total. The first-order valence-electron chi connectivity index (χ1n) is 10.3. The van der Waals surface area contributed by atoms with E-state index in [-0.39, 0.29) is 17.7 Å². The van der Waals surface area contributed by atoms with E-state index in [1.165, 1.54) is 0 Å². The molecule has 31 heavy (non-hydrogen) atoms. The third-order valence-corrected chi connectivity index (χ3v) is 5.69. The number of carbonyl (C=O) groups excluding carboxylic acids is 2. The van der Waals surface area contributed by atoms with Gasteiger partial charge in [0.05, 0.1) is 26.7 Å². The highest BCUT2D eigenvalue weighted by Crippen LogP contribution is 2.39. The fourth-order valence-electron chi connectivity index (χ4n) is 3.96. The molecule has 166 valence electrons. The maximum absolute atomic E-state index is 13.1. The van der Waals surface area contributed by atoms with Crippen LogP contribution >= 0.6 is 0 Å². The summed E-state index contributed by atoms with van der Waals surface area (Å²) in [6.45, 7) is 3.60. The second-order valence-electron chi connectivity index (χ2n) is 7.68. The van der Waals surface area contributed by atoms with Gasteiger partial charge in [-0.1, -0.05) is 23.8 Å². The quantitative estimate of drug-likeness (QED) is 0.657. The predicted molar refractivity (Wildman–Crippen MR) is 118 cm³/mol. The van der Waals surface area contributed by atoms with Gasteiger partial charge in [0.15, 0.2) is 0 Å². The molecule has 2 aromatic rings. The molecule has 0 aromatic heterocycles. The van der Waals surface area contributed by atoms with Crippen LogP contribution in [0, 0.1) is 12.8 Å². The van der Waals surface area contributed by atoms with Crippen molar-refractivity contribution in [1.82, 2.24) is 10.2 Å². The van der Waals surface area contributed by atoms with Crippen molar-refractivity contribution in [2.45, 2.75) is 12.8 Å². The Labute approximate surface area is 183 Å². The molecule has 0 radical (unpaired) electrons. The van der Waals surface area contributed by atoms with E-state index in [2.05, 4.69) is 5.32 Å². The van der Waals surface area contributed by atoms with Crippen LogP contribution in [0.2, 0.25) is 0 Å². The van der Waals surface area contributed by atoms with Crippen LogP contribution in [0.3, 0.4) is 0 Å². The zero-order valence-electron chi connectivity index (χ0n) is 18.5. The third kappa shape index (κ3) is 5.17. The van der Waals surface area contributed by atoms with Crippen LogP contribution < -0.4 is 14.8 Å². The molecule has 1 heterocycles. The minimum absolute atomic E-state index is 0.0790. The van der Waals surface area contributed by atoms with Crippen LogP contribution in [0.15, 0.2) is 42.5 Å². The van der Waals surface area contributed by atoms with Gasteiger partial charge in [-0.25, -0.2) is 0 Å². The van der Waals surface area contributed by atoms with Crippen molar-refractivity contribution in [2.75, 3.05) is 47.6 Å². The predicted octanol–water partition coefficient (Wildman–Crippen LogP) is 2.63. The van der Waals surface area contributed by atoms with Gasteiger partial charge in [-0.2, -0.15) is 0 Å².